The molecule has 1 aromatic carbocycles. The van der Waals surface area contributed by atoms with Gasteiger partial charge in [-0.1, -0.05) is 19.1 Å². The van der Waals surface area contributed by atoms with Crippen LogP contribution in [-0.2, 0) is 11.3 Å². The molecule has 114 valence electrons. The number of halogens is 1. The minimum Gasteiger partial charge on any atom is -0.355 e. The lowest BCUT2D eigenvalue weighted by Crippen LogP contribution is -2.40. The molecule has 1 saturated heterocycles. The number of rotatable bonds is 6. The fourth-order valence-corrected chi connectivity index (χ4v) is 2.23. The van der Waals surface area contributed by atoms with Crippen LogP contribution in [0.15, 0.2) is 24.3 Å². The van der Waals surface area contributed by atoms with Crippen molar-refractivity contribution >= 4 is 11.9 Å². The van der Waals surface area contributed by atoms with Crippen LogP contribution >= 0.6 is 0 Å². The van der Waals surface area contributed by atoms with E-state index in [1.807, 2.05) is 6.92 Å². The molecule has 0 radical (unpaired) electrons. The molecule has 1 fully saturated rings. The highest BCUT2D eigenvalue weighted by Crippen LogP contribution is 2.13. The number of benzene rings is 1. The molecule has 1 aliphatic heterocycles. The zero-order valence-corrected chi connectivity index (χ0v) is 12.1. The molecule has 6 heteroatoms. The molecule has 1 aromatic rings. The number of carbonyl (C=O) groups is 2. The van der Waals surface area contributed by atoms with Crippen molar-refractivity contribution in [2.24, 2.45) is 0 Å². The Bertz CT molecular complexity index is 504. The van der Waals surface area contributed by atoms with Gasteiger partial charge < -0.3 is 15.1 Å². The summed E-state index contributed by atoms with van der Waals surface area (Å²) in [4.78, 5) is 27.0. The first-order valence-electron chi connectivity index (χ1n) is 7.15. The first-order chi connectivity index (χ1) is 10.1. The quantitative estimate of drug-likeness (QED) is 0.866. The van der Waals surface area contributed by atoms with Gasteiger partial charge in [-0.25, -0.2) is 9.18 Å². The van der Waals surface area contributed by atoms with Crippen LogP contribution in [0.25, 0.3) is 0 Å². The molecule has 0 aromatic heterocycles. The zero-order valence-electron chi connectivity index (χ0n) is 12.1. The molecule has 2 rings (SSSR count). The SMILES string of the molecule is CCCNC(=O)CN1CCN(Cc2ccc(F)cc2)C1=O. The highest BCUT2D eigenvalue weighted by atomic mass is 19.1. The van der Waals surface area contributed by atoms with Crippen molar-refractivity contribution in [3.63, 3.8) is 0 Å². The van der Waals surface area contributed by atoms with Gasteiger partial charge in [0.2, 0.25) is 5.91 Å². The summed E-state index contributed by atoms with van der Waals surface area (Å²) in [7, 11) is 0. The van der Waals surface area contributed by atoms with Gasteiger partial charge in [0.05, 0.1) is 0 Å². The monoisotopic (exact) mass is 293 g/mol. The summed E-state index contributed by atoms with van der Waals surface area (Å²) in [5.74, 6) is -0.422. The third-order valence-electron chi connectivity index (χ3n) is 3.37. The van der Waals surface area contributed by atoms with Crippen LogP contribution in [0.1, 0.15) is 18.9 Å². The number of nitrogens with zero attached hydrogens (tertiary/aromatic N) is 2. The van der Waals surface area contributed by atoms with E-state index in [2.05, 4.69) is 5.32 Å². The smallest absolute Gasteiger partial charge is 0.320 e. The molecule has 0 atom stereocenters. The molecule has 5 nitrogen and oxygen atoms in total. The maximum absolute atomic E-state index is 12.9. The minimum atomic E-state index is -0.291. The van der Waals surface area contributed by atoms with E-state index in [9.17, 15) is 14.0 Å². The van der Waals surface area contributed by atoms with Crippen molar-refractivity contribution in [3.05, 3.63) is 35.6 Å². The van der Waals surface area contributed by atoms with Crippen LogP contribution in [0.4, 0.5) is 9.18 Å². The normalized spacial score (nSPS) is 14.7. The Kier molecular flexibility index (Phi) is 5.14. The summed E-state index contributed by atoms with van der Waals surface area (Å²) in [6, 6.07) is 5.95. The third-order valence-corrected chi connectivity index (χ3v) is 3.37. The summed E-state index contributed by atoms with van der Waals surface area (Å²) < 4.78 is 12.9. The van der Waals surface area contributed by atoms with Crippen LogP contribution in [0.5, 0.6) is 0 Å². The highest BCUT2D eigenvalue weighted by Gasteiger charge is 2.29. The molecule has 0 aliphatic carbocycles. The predicted molar refractivity (Wildman–Crippen MR) is 77.1 cm³/mol. The van der Waals surface area contributed by atoms with Gasteiger partial charge in [-0.15, -0.1) is 0 Å². The van der Waals surface area contributed by atoms with Crippen LogP contribution in [0.2, 0.25) is 0 Å². The second-order valence-electron chi connectivity index (χ2n) is 5.10. The Morgan fingerprint density at radius 3 is 2.57 bits per heavy atom. The van der Waals surface area contributed by atoms with Crippen LogP contribution in [0.3, 0.4) is 0 Å². The average molecular weight is 293 g/mol. The van der Waals surface area contributed by atoms with E-state index in [4.69, 9.17) is 0 Å². The lowest BCUT2D eigenvalue weighted by atomic mass is 10.2. The molecule has 1 aliphatic rings. The van der Waals surface area contributed by atoms with Gasteiger partial charge >= 0.3 is 6.03 Å². The maximum Gasteiger partial charge on any atom is 0.320 e. The van der Waals surface area contributed by atoms with E-state index >= 15 is 0 Å². The van der Waals surface area contributed by atoms with Gasteiger partial charge in [-0.3, -0.25) is 4.79 Å². The lowest BCUT2D eigenvalue weighted by Gasteiger charge is -2.18. The maximum atomic E-state index is 12.9. The van der Waals surface area contributed by atoms with E-state index < -0.39 is 0 Å². The summed E-state index contributed by atoms with van der Waals surface area (Å²) in [6.45, 7) is 4.26. The summed E-state index contributed by atoms with van der Waals surface area (Å²) in [5.41, 5.74) is 0.877. The number of amides is 3. The molecule has 1 N–H and O–H groups in total. The Labute approximate surface area is 123 Å². The van der Waals surface area contributed by atoms with Crippen molar-refractivity contribution in [1.82, 2.24) is 15.1 Å². The molecule has 0 spiro atoms. The summed E-state index contributed by atoms with van der Waals surface area (Å²) >= 11 is 0. The molecule has 0 saturated carbocycles. The van der Waals surface area contributed by atoms with Crippen LogP contribution in [0, 0.1) is 5.82 Å². The summed E-state index contributed by atoms with van der Waals surface area (Å²) in [6.07, 6.45) is 0.871. The van der Waals surface area contributed by atoms with E-state index in [0.717, 1.165) is 12.0 Å². The molecule has 21 heavy (non-hydrogen) atoms. The molecule has 0 bridgehead atoms. The van der Waals surface area contributed by atoms with Crippen molar-refractivity contribution < 1.29 is 14.0 Å². The van der Waals surface area contributed by atoms with Gasteiger partial charge in [-0.05, 0) is 24.1 Å². The van der Waals surface area contributed by atoms with Crippen molar-refractivity contribution in [3.8, 4) is 0 Å². The zero-order chi connectivity index (χ0) is 15.2. The van der Waals surface area contributed by atoms with Gasteiger partial charge in [0, 0.05) is 26.2 Å². The average Bonchev–Trinajstić information content (AvgIpc) is 2.80. The Morgan fingerprint density at radius 2 is 1.90 bits per heavy atom. The third kappa shape index (κ3) is 4.18. The second kappa shape index (κ2) is 7.06. The van der Waals surface area contributed by atoms with Crippen molar-refractivity contribution in [1.29, 1.82) is 0 Å². The van der Waals surface area contributed by atoms with E-state index in [1.165, 1.54) is 17.0 Å². The lowest BCUT2D eigenvalue weighted by molar-refractivity contribution is -0.121. The Hall–Kier alpha value is -2.11. The van der Waals surface area contributed by atoms with Gasteiger partial charge in [0.1, 0.15) is 12.4 Å². The van der Waals surface area contributed by atoms with E-state index in [-0.39, 0.29) is 24.3 Å². The van der Waals surface area contributed by atoms with Gasteiger partial charge in [-0.2, -0.15) is 0 Å². The number of carbonyl (C=O) groups excluding carboxylic acids is 2. The molecule has 1 heterocycles. The highest BCUT2D eigenvalue weighted by molar-refractivity contribution is 5.85. The minimum absolute atomic E-state index is 0.0960. The molecular weight excluding hydrogens is 273 g/mol. The Balaban J connectivity index is 1.86. The number of nitrogens with one attached hydrogen (secondary N) is 1. The molecule has 3 amide bonds. The predicted octanol–water partition coefficient (Wildman–Crippen LogP) is 1.59. The topological polar surface area (TPSA) is 52.7 Å². The van der Waals surface area contributed by atoms with Crippen LogP contribution < -0.4 is 5.32 Å². The fourth-order valence-electron chi connectivity index (χ4n) is 2.23. The van der Waals surface area contributed by atoms with Crippen molar-refractivity contribution in [2.75, 3.05) is 26.2 Å². The fraction of sp³-hybridized carbons (Fsp3) is 0.467. The summed E-state index contributed by atoms with van der Waals surface area (Å²) in [5, 5.41) is 2.76. The molecule has 0 unspecified atom stereocenters. The largest absolute Gasteiger partial charge is 0.355 e. The van der Waals surface area contributed by atoms with E-state index in [1.54, 1.807) is 17.0 Å². The number of urea groups is 1. The number of hydrogen-bond donors (Lipinski definition) is 1. The van der Waals surface area contributed by atoms with E-state index in [0.29, 0.717) is 26.2 Å². The first-order valence-corrected chi connectivity index (χ1v) is 7.15. The van der Waals surface area contributed by atoms with Gasteiger partial charge in [0.25, 0.3) is 0 Å². The standard InChI is InChI=1S/C15H20FN3O2/c1-2-7-17-14(20)11-19-9-8-18(15(19)21)10-12-3-5-13(16)6-4-12/h3-6H,2,7-11H2,1H3,(H,17,20). The van der Waals surface area contributed by atoms with Gasteiger partial charge in [0.15, 0.2) is 0 Å². The number of hydrogen-bond acceptors (Lipinski definition) is 2. The van der Waals surface area contributed by atoms with Crippen molar-refractivity contribution in [2.45, 2.75) is 19.9 Å². The first kappa shape index (κ1) is 15.3. The second-order valence-corrected chi connectivity index (χ2v) is 5.10. The van der Waals surface area contributed by atoms with Crippen LogP contribution in [-0.4, -0.2) is 47.9 Å². The molecular formula is C15H20FN3O2. The Morgan fingerprint density at radius 1 is 1.24 bits per heavy atom.